The predicted octanol–water partition coefficient (Wildman–Crippen LogP) is 2.83. The molecule has 1 nitrogen and oxygen atoms in total. The molecule has 0 unspecified atom stereocenters. The van der Waals surface area contributed by atoms with Crippen LogP contribution in [0.1, 0.15) is 23.8 Å². The van der Waals surface area contributed by atoms with Gasteiger partial charge in [0.1, 0.15) is 0 Å². The van der Waals surface area contributed by atoms with Gasteiger partial charge in [0, 0.05) is 16.3 Å². The van der Waals surface area contributed by atoms with Gasteiger partial charge in [0.15, 0.2) is 0 Å². The summed E-state index contributed by atoms with van der Waals surface area (Å²) in [6, 6.07) is 2.64. The van der Waals surface area contributed by atoms with E-state index in [2.05, 4.69) is 11.4 Å². The van der Waals surface area contributed by atoms with Gasteiger partial charge < -0.3 is 5.32 Å². The van der Waals surface area contributed by atoms with Crippen molar-refractivity contribution in [1.29, 1.82) is 0 Å². The van der Waals surface area contributed by atoms with E-state index in [4.69, 9.17) is 11.6 Å². The molecule has 0 aromatic carbocycles. The predicted molar refractivity (Wildman–Crippen MR) is 49.3 cm³/mol. The van der Waals surface area contributed by atoms with Crippen molar-refractivity contribution >= 4 is 22.9 Å². The van der Waals surface area contributed by atoms with Crippen molar-refractivity contribution in [3.8, 4) is 0 Å². The van der Waals surface area contributed by atoms with Gasteiger partial charge in [0.2, 0.25) is 0 Å². The number of hydrogen-bond donors (Lipinski definition) is 1. The van der Waals surface area contributed by atoms with E-state index in [-0.39, 0.29) is 0 Å². The average Bonchev–Trinajstić information content (AvgIpc) is 2.55. The van der Waals surface area contributed by atoms with Crippen LogP contribution in [0.2, 0.25) is 5.02 Å². The van der Waals surface area contributed by atoms with Crippen molar-refractivity contribution in [2.24, 2.45) is 0 Å². The molecule has 1 saturated heterocycles. The highest BCUT2D eigenvalue weighted by atomic mass is 35.5. The largest absolute Gasteiger partial charge is 0.309 e. The quantitative estimate of drug-likeness (QED) is 0.713. The van der Waals surface area contributed by atoms with Crippen molar-refractivity contribution < 1.29 is 0 Å². The molecule has 0 amide bonds. The first-order chi connectivity index (χ1) is 5.36. The Hall–Kier alpha value is -0.0500. The van der Waals surface area contributed by atoms with Crippen molar-refractivity contribution in [2.75, 3.05) is 6.54 Å². The summed E-state index contributed by atoms with van der Waals surface area (Å²) in [4.78, 5) is 1.38. The number of halogens is 1. The lowest BCUT2D eigenvalue weighted by Gasteiger charge is -2.05. The third kappa shape index (κ3) is 1.58. The van der Waals surface area contributed by atoms with E-state index < -0.39 is 0 Å². The molecule has 1 atom stereocenters. The van der Waals surface area contributed by atoms with Crippen LogP contribution in [0, 0.1) is 0 Å². The fourth-order valence-electron chi connectivity index (χ4n) is 1.44. The zero-order valence-corrected chi connectivity index (χ0v) is 7.71. The summed E-state index contributed by atoms with van der Waals surface area (Å²) in [6.45, 7) is 1.15. The van der Waals surface area contributed by atoms with Crippen molar-refractivity contribution in [3.63, 3.8) is 0 Å². The van der Waals surface area contributed by atoms with Gasteiger partial charge in [0.25, 0.3) is 0 Å². The molecule has 1 aromatic heterocycles. The highest BCUT2D eigenvalue weighted by Crippen LogP contribution is 2.30. The van der Waals surface area contributed by atoms with Crippen LogP contribution in [-0.2, 0) is 0 Å². The third-order valence-corrected chi connectivity index (χ3v) is 3.39. The van der Waals surface area contributed by atoms with Crippen LogP contribution < -0.4 is 5.32 Å². The van der Waals surface area contributed by atoms with E-state index in [1.165, 1.54) is 17.7 Å². The molecule has 0 bridgehead atoms. The average molecular weight is 188 g/mol. The second-order valence-corrected chi connectivity index (χ2v) is 4.20. The van der Waals surface area contributed by atoms with E-state index in [0.29, 0.717) is 6.04 Å². The summed E-state index contributed by atoms with van der Waals surface area (Å²) < 4.78 is 0. The van der Waals surface area contributed by atoms with Gasteiger partial charge >= 0.3 is 0 Å². The van der Waals surface area contributed by atoms with Gasteiger partial charge in [-0.1, -0.05) is 11.6 Å². The van der Waals surface area contributed by atoms with Gasteiger partial charge in [-0.2, -0.15) is 0 Å². The van der Waals surface area contributed by atoms with Crippen LogP contribution in [0.4, 0.5) is 0 Å². The number of rotatable bonds is 1. The topological polar surface area (TPSA) is 12.0 Å². The zero-order valence-electron chi connectivity index (χ0n) is 6.14. The highest BCUT2D eigenvalue weighted by molar-refractivity contribution is 7.10. The molecule has 1 aliphatic rings. The zero-order chi connectivity index (χ0) is 7.68. The summed E-state index contributed by atoms with van der Waals surface area (Å²) in [7, 11) is 0. The van der Waals surface area contributed by atoms with Gasteiger partial charge in [-0.3, -0.25) is 0 Å². The van der Waals surface area contributed by atoms with Crippen molar-refractivity contribution in [2.45, 2.75) is 18.9 Å². The molecule has 0 radical (unpaired) electrons. The lowest BCUT2D eigenvalue weighted by Crippen LogP contribution is -2.11. The Morgan fingerprint density at radius 1 is 1.64 bits per heavy atom. The van der Waals surface area contributed by atoms with E-state index in [0.717, 1.165) is 11.6 Å². The van der Waals surface area contributed by atoms with Crippen LogP contribution in [0.25, 0.3) is 0 Å². The minimum absolute atomic E-state index is 0.576. The second-order valence-electron chi connectivity index (χ2n) is 2.82. The third-order valence-electron chi connectivity index (χ3n) is 1.99. The molecule has 1 fully saturated rings. The fourth-order valence-corrected chi connectivity index (χ4v) is 2.63. The normalized spacial score (nSPS) is 24.3. The van der Waals surface area contributed by atoms with Crippen LogP contribution in [-0.4, -0.2) is 6.54 Å². The number of hydrogen-bond acceptors (Lipinski definition) is 2. The first kappa shape index (κ1) is 7.59. The Morgan fingerprint density at radius 2 is 2.55 bits per heavy atom. The highest BCUT2D eigenvalue weighted by Gasteiger charge is 2.17. The summed E-state index contributed by atoms with van der Waals surface area (Å²) in [5.41, 5.74) is 0. The number of nitrogens with one attached hydrogen (secondary N) is 1. The van der Waals surface area contributed by atoms with Crippen LogP contribution in [0.3, 0.4) is 0 Å². The molecule has 0 aliphatic carbocycles. The summed E-state index contributed by atoms with van der Waals surface area (Å²) in [5.74, 6) is 0. The van der Waals surface area contributed by atoms with E-state index in [9.17, 15) is 0 Å². The molecule has 1 N–H and O–H groups in total. The fraction of sp³-hybridized carbons (Fsp3) is 0.500. The van der Waals surface area contributed by atoms with E-state index >= 15 is 0 Å². The lowest BCUT2D eigenvalue weighted by molar-refractivity contribution is 0.660. The Kier molecular flexibility index (Phi) is 2.16. The Morgan fingerprint density at radius 3 is 3.09 bits per heavy atom. The Labute approximate surface area is 75.4 Å². The minimum atomic E-state index is 0.576. The molecule has 3 heteroatoms. The molecule has 1 aliphatic heterocycles. The Bertz CT molecular complexity index is 240. The lowest BCUT2D eigenvalue weighted by atomic mass is 10.2. The monoisotopic (exact) mass is 187 g/mol. The molecule has 1 aromatic rings. The molecule has 2 heterocycles. The second kappa shape index (κ2) is 3.13. The molecule has 2 rings (SSSR count). The first-order valence-electron chi connectivity index (χ1n) is 3.83. The van der Waals surface area contributed by atoms with Crippen LogP contribution in [0.5, 0.6) is 0 Å². The minimum Gasteiger partial charge on any atom is -0.309 e. The van der Waals surface area contributed by atoms with E-state index in [1.807, 2.05) is 5.38 Å². The number of thiophene rings is 1. The molecule has 60 valence electrons. The maximum Gasteiger partial charge on any atom is 0.0516 e. The Balaban J connectivity index is 2.15. The van der Waals surface area contributed by atoms with Crippen LogP contribution in [0.15, 0.2) is 11.4 Å². The van der Waals surface area contributed by atoms with Crippen molar-refractivity contribution in [1.82, 2.24) is 5.32 Å². The molecule has 0 spiro atoms. The SMILES string of the molecule is Clc1csc([C@H]2CCCN2)c1. The summed E-state index contributed by atoms with van der Waals surface area (Å²) >= 11 is 7.57. The molecule has 11 heavy (non-hydrogen) atoms. The van der Waals surface area contributed by atoms with Gasteiger partial charge in [-0.25, -0.2) is 0 Å². The smallest absolute Gasteiger partial charge is 0.0516 e. The molecular formula is C8H10ClNS. The molecular weight excluding hydrogens is 178 g/mol. The van der Waals surface area contributed by atoms with Crippen molar-refractivity contribution in [3.05, 3.63) is 21.3 Å². The van der Waals surface area contributed by atoms with E-state index in [1.54, 1.807) is 11.3 Å². The maximum absolute atomic E-state index is 5.82. The van der Waals surface area contributed by atoms with Gasteiger partial charge in [-0.05, 0) is 25.5 Å². The van der Waals surface area contributed by atoms with Gasteiger partial charge in [0.05, 0.1) is 5.02 Å². The maximum atomic E-state index is 5.82. The summed E-state index contributed by atoms with van der Waals surface area (Å²) in [6.07, 6.45) is 2.55. The first-order valence-corrected chi connectivity index (χ1v) is 5.09. The van der Waals surface area contributed by atoms with Gasteiger partial charge in [-0.15, -0.1) is 11.3 Å². The molecule has 0 saturated carbocycles. The van der Waals surface area contributed by atoms with Crippen LogP contribution >= 0.6 is 22.9 Å². The summed E-state index contributed by atoms with van der Waals surface area (Å²) in [5, 5.41) is 6.31. The standard InChI is InChI=1S/C8H10ClNS/c9-6-4-8(11-5-6)7-2-1-3-10-7/h4-5,7,10H,1-3H2/t7-/m1/s1.